The molecule has 1 aromatic carbocycles. The van der Waals surface area contributed by atoms with E-state index in [2.05, 4.69) is 0 Å². The third kappa shape index (κ3) is 1.54. The first kappa shape index (κ1) is 2.05. The third-order valence-corrected chi connectivity index (χ3v) is 0.831. The largest absolute Gasteiger partial charge is 0.389 e. The van der Waals surface area contributed by atoms with Gasteiger partial charge in [0.05, 0.1) is 12.9 Å². The summed E-state index contributed by atoms with van der Waals surface area (Å²) in [6, 6.07) is -4.27. The Bertz CT molecular complexity index is 466. The number of hydrogen-bond donors (Lipinski definition) is 1. The minimum absolute atomic E-state index is 0.978. The van der Waals surface area contributed by atoms with Gasteiger partial charge < -0.3 is 5.11 Å². The fraction of sp³-hybridized carbons (Fsp3) is 0.250. The van der Waals surface area contributed by atoms with Gasteiger partial charge in [-0.2, -0.15) is 0 Å². The molecule has 0 amide bonds. The minimum Gasteiger partial charge on any atom is -0.389 e. The van der Waals surface area contributed by atoms with Crippen molar-refractivity contribution in [2.24, 2.45) is 0 Å². The van der Waals surface area contributed by atoms with Crippen molar-refractivity contribution in [3.05, 3.63) is 35.6 Å². The quantitative estimate of drug-likeness (QED) is 0.644. The van der Waals surface area contributed by atoms with Crippen LogP contribution in [-0.2, 0) is 0 Å². The van der Waals surface area contributed by atoms with Crippen molar-refractivity contribution >= 4 is 0 Å². The molecule has 0 spiro atoms. The van der Waals surface area contributed by atoms with Crippen LogP contribution in [0.2, 0.25) is 0 Å². The Balaban J connectivity index is 3.72. The van der Waals surface area contributed by atoms with E-state index in [-0.39, 0.29) is 0 Å². The Morgan fingerprint density at radius 2 is 2.70 bits per heavy atom. The van der Waals surface area contributed by atoms with Crippen LogP contribution < -0.4 is 0 Å². The van der Waals surface area contributed by atoms with Crippen molar-refractivity contribution in [1.29, 1.82) is 0 Å². The van der Waals surface area contributed by atoms with E-state index < -0.39 is 48.5 Å². The number of rotatable bonds is 1. The lowest BCUT2D eigenvalue weighted by Crippen LogP contribution is -1.90. The van der Waals surface area contributed by atoms with Gasteiger partial charge in [-0.05, 0) is 24.5 Å². The standard InChI is InChI=1S/C8H9FO/c1-6(10)7-3-2-4-8(9)5-7/h2-6,10H,1H3/i1D3,2D,3D,4D,5D,6D. The number of benzene rings is 1. The van der Waals surface area contributed by atoms with E-state index in [4.69, 9.17) is 11.0 Å². The number of aliphatic hydroxyl groups is 1. The maximum absolute atomic E-state index is 13.4. The van der Waals surface area contributed by atoms with Crippen molar-refractivity contribution in [1.82, 2.24) is 0 Å². The van der Waals surface area contributed by atoms with E-state index in [9.17, 15) is 9.50 Å². The lowest BCUT2D eigenvalue weighted by Gasteiger charge is -2.02. The molecule has 1 nitrogen and oxygen atoms in total. The van der Waals surface area contributed by atoms with Crippen LogP contribution in [0.15, 0.2) is 24.2 Å². The highest BCUT2D eigenvalue weighted by Crippen LogP contribution is 2.11. The van der Waals surface area contributed by atoms with Gasteiger partial charge in [-0.15, -0.1) is 0 Å². The molecule has 0 fully saturated rings. The summed E-state index contributed by atoms with van der Waals surface area (Å²) in [6.45, 7) is -3.32. The predicted octanol–water partition coefficient (Wildman–Crippen LogP) is 1.88. The molecule has 54 valence electrons. The van der Waals surface area contributed by atoms with Crippen molar-refractivity contribution in [2.45, 2.75) is 12.9 Å². The van der Waals surface area contributed by atoms with Crippen LogP contribution in [0.4, 0.5) is 4.39 Å². The molecule has 0 saturated heterocycles. The molecule has 10 heavy (non-hydrogen) atoms. The highest BCUT2D eigenvalue weighted by Gasteiger charge is 1.99. The Morgan fingerprint density at radius 1 is 1.90 bits per heavy atom. The SMILES string of the molecule is [2H]c1c([2H])c(F)c([2H])c(C([2H])(O)C([2H])([2H])[2H])c1[2H]. The van der Waals surface area contributed by atoms with Gasteiger partial charge in [0.1, 0.15) is 5.82 Å². The van der Waals surface area contributed by atoms with Gasteiger partial charge in [0, 0.05) is 4.11 Å². The molecule has 0 bridgehead atoms. The van der Waals surface area contributed by atoms with Gasteiger partial charge in [-0.1, -0.05) is 12.1 Å². The molecule has 0 aliphatic heterocycles. The van der Waals surface area contributed by atoms with Gasteiger partial charge in [0.2, 0.25) is 0 Å². The summed E-state index contributed by atoms with van der Waals surface area (Å²) in [5.74, 6) is -1.54. The third-order valence-electron chi connectivity index (χ3n) is 0.831. The molecular weight excluding hydrogens is 131 g/mol. The van der Waals surface area contributed by atoms with Gasteiger partial charge in [-0.25, -0.2) is 4.39 Å². The second-order valence-electron chi connectivity index (χ2n) is 1.54. The van der Waals surface area contributed by atoms with Gasteiger partial charge in [0.15, 0.2) is 0 Å². The average molecular weight is 148 g/mol. The lowest BCUT2D eigenvalue weighted by molar-refractivity contribution is 0.199. The van der Waals surface area contributed by atoms with Crippen LogP contribution in [0.25, 0.3) is 0 Å². The minimum atomic E-state index is -3.38. The Hall–Kier alpha value is -0.890. The van der Waals surface area contributed by atoms with Crippen LogP contribution in [0.1, 0.15) is 29.5 Å². The van der Waals surface area contributed by atoms with E-state index in [0.717, 1.165) is 0 Å². The maximum atomic E-state index is 13.4. The van der Waals surface area contributed by atoms with Crippen LogP contribution in [0.5, 0.6) is 0 Å². The Labute approximate surface area is 70.4 Å². The van der Waals surface area contributed by atoms with Crippen molar-refractivity contribution in [2.75, 3.05) is 0 Å². The molecule has 1 rings (SSSR count). The molecule has 1 unspecified atom stereocenters. The zero-order valence-corrected chi connectivity index (χ0v) is 4.83. The first-order valence-corrected chi connectivity index (χ1v) is 2.41. The molecule has 0 radical (unpaired) electrons. The van der Waals surface area contributed by atoms with Crippen molar-refractivity contribution in [3.63, 3.8) is 0 Å². The Kier molecular flexibility index (Phi) is 0.572. The summed E-state index contributed by atoms with van der Waals surface area (Å²) in [4.78, 5) is 0. The molecule has 1 N–H and O–H groups in total. The van der Waals surface area contributed by atoms with Crippen LogP contribution in [0.3, 0.4) is 0 Å². The van der Waals surface area contributed by atoms with E-state index in [0.29, 0.717) is 0 Å². The molecule has 1 atom stereocenters. The summed E-state index contributed by atoms with van der Waals surface area (Å²) >= 11 is 0. The summed E-state index contributed by atoms with van der Waals surface area (Å²) in [7, 11) is 0. The fourth-order valence-corrected chi connectivity index (χ4v) is 0.439. The zero-order chi connectivity index (χ0) is 14.5. The van der Waals surface area contributed by atoms with E-state index in [1.165, 1.54) is 0 Å². The summed E-state index contributed by atoms with van der Waals surface area (Å²) < 4.78 is 70.6. The van der Waals surface area contributed by atoms with Crippen LogP contribution in [-0.4, -0.2) is 5.11 Å². The predicted molar refractivity (Wildman–Crippen MR) is 37.0 cm³/mol. The van der Waals surface area contributed by atoms with E-state index >= 15 is 0 Å². The van der Waals surface area contributed by atoms with Crippen molar-refractivity contribution < 1.29 is 20.5 Å². The highest BCUT2D eigenvalue weighted by molar-refractivity contribution is 5.17. The van der Waals surface area contributed by atoms with Gasteiger partial charge in [0.25, 0.3) is 0 Å². The zero-order valence-electron chi connectivity index (χ0n) is 12.8. The monoisotopic (exact) mass is 148 g/mol. The smallest absolute Gasteiger partial charge is 0.123 e. The topological polar surface area (TPSA) is 20.2 Å². The lowest BCUT2D eigenvalue weighted by atomic mass is 10.1. The van der Waals surface area contributed by atoms with Crippen molar-refractivity contribution in [3.8, 4) is 0 Å². The summed E-state index contributed by atoms with van der Waals surface area (Å²) in [6.07, 6.45) is -3.38. The normalized spacial score (nSPS) is 29.0. The molecule has 0 aromatic heterocycles. The average Bonchev–Trinajstić information content (AvgIpc) is 2.22. The molecule has 0 aliphatic rings. The van der Waals surface area contributed by atoms with Gasteiger partial charge >= 0.3 is 0 Å². The first-order chi connectivity index (χ1) is 7.93. The second kappa shape index (κ2) is 2.80. The molecule has 1 aromatic rings. The van der Waals surface area contributed by atoms with E-state index in [1.54, 1.807) is 0 Å². The molecule has 0 saturated carbocycles. The molecule has 0 heterocycles. The summed E-state index contributed by atoms with van der Waals surface area (Å²) in [5.41, 5.74) is -1.14. The highest BCUT2D eigenvalue weighted by atomic mass is 19.1. The van der Waals surface area contributed by atoms with Crippen LogP contribution >= 0.6 is 0 Å². The molecule has 2 heteroatoms. The molecular formula is C8H9FO. The summed E-state index contributed by atoms with van der Waals surface area (Å²) in [5, 5.41) is 9.58. The van der Waals surface area contributed by atoms with E-state index in [1.807, 2.05) is 0 Å². The second-order valence-corrected chi connectivity index (χ2v) is 1.54. The number of hydrogen-bond acceptors (Lipinski definition) is 1. The fourth-order valence-electron chi connectivity index (χ4n) is 0.439. The van der Waals surface area contributed by atoms with Gasteiger partial charge in [-0.3, -0.25) is 0 Å². The Morgan fingerprint density at radius 3 is 3.40 bits per heavy atom. The maximum Gasteiger partial charge on any atom is 0.123 e. The molecule has 0 aliphatic carbocycles. The van der Waals surface area contributed by atoms with Crippen LogP contribution in [0, 0.1) is 5.82 Å². The number of halogens is 1. The first-order valence-electron chi connectivity index (χ1n) is 6.41.